The first-order valence-corrected chi connectivity index (χ1v) is 5.56. The van der Waals surface area contributed by atoms with E-state index < -0.39 is 0 Å². The highest BCUT2D eigenvalue weighted by molar-refractivity contribution is 5.54. The van der Waals surface area contributed by atoms with Crippen molar-refractivity contribution in [2.75, 3.05) is 17.6 Å². The first kappa shape index (κ1) is 11.4. The lowest BCUT2D eigenvalue weighted by Gasteiger charge is -2.06. The van der Waals surface area contributed by atoms with E-state index >= 15 is 0 Å². The van der Waals surface area contributed by atoms with E-state index in [0.29, 0.717) is 11.6 Å². The number of nitrogens with two attached hydrogens (primary N) is 1. The van der Waals surface area contributed by atoms with Crippen LogP contribution in [-0.2, 0) is 6.42 Å². The summed E-state index contributed by atoms with van der Waals surface area (Å²) in [5, 5.41) is 10.1. The van der Waals surface area contributed by atoms with Gasteiger partial charge in [0.05, 0.1) is 6.20 Å². The highest BCUT2D eigenvalue weighted by Crippen LogP contribution is 2.10. The molecule has 0 atom stereocenters. The van der Waals surface area contributed by atoms with E-state index in [0.717, 1.165) is 25.1 Å². The Kier molecular flexibility index (Phi) is 3.54. The number of nitrogens with zero attached hydrogens (tertiary/aromatic N) is 3. The topological polar surface area (TPSA) is 92.5 Å². The minimum Gasteiger partial charge on any atom is -0.381 e. The number of aromatic nitrogens is 4. The molecule has 0 aromatic carbocycles. The number of hydrogen-bond donors (Lipinski definition) is 3. The van der Waals surface area contributed by atoms with Crippen LogP contribution in [0.15, 0.2) is 18.6 Å². The second-order valence-electron chi connectivity index (χ2n) is 3.84. The Hall–Kier alpha value is -2.11. The molecule has 6 nitrogen and oxygen atoms in total. The molecule has 6 heteroatoms. The van der Waals surface area contributed by atoms with Gasteiger partial charge in [0, 0.05) is 24.6 Å². The van der Waals surface area contributed by atoms with Crippen LogP contribution in [-0.4, -0.2) is 26.7 Å². The molecule has 0 fully saturated rings. The second kappa shape index (κ2) is 5.29. The lowest BCUT2D eigenvalue weighted by atomic mass is 10.1. The fraction of sp³-hybridized carbons (Fsp3) is 0.364. The monoisotopic (exact) mass is 232 g/mol. The predicted molar refractivity (Wildman–Crippen MR) is 66.6 cm³/mol. The Labute approximate surface area is 99.7 Å². The molecule has 0 saturated heterocycles. The van der Waals surface area contributed by atoms with E-state index in [1.807, 2.05) is 13.1 Å². The Morgan fingerprint density at radius 1 is 1.35 bits per heavy atom. The zero-order chi connectivity index (χ0) is 12.1. The van der Waals surface area contributed by atoms with Crippen molar-refractivity contribution in [1.29, 1.82) is 0 Å². The quantitative estimate of drug-likeness (QED) is 0.672. The summed E-state index contributed by atoms with van der Waals surface area (Å²) in [7, 11) is 0. The van der Waals surface area contributed by atoms with E-state index in [1.165, 1.54) is 5.56 Å². The molecular weight excluding hydrogens is 216 g/mol. The molecule has 4 N–H and O–H groups in total. The van der Waals surface area contributed by atoms with Gasteiger partial charge in [0.25, 0.3) is 0 Å². The fourth-order valence-electron chi connectivity index (χ4n) is 1.60. The molecular formula is C11H16N6. The Morgan fingerprint density at radius 3 is 2.88 bits per heavy atom. The lowest BCUT2D eigenvalue weighted by Crippen LogP contribution is -2.08. The van der Waals surface area contributed by atoms with Crippen LogP contribution in [0.25, 0.3) is 0 Å². The lowest BCUT2D eigenvalue weighted by molar-refractivity contribution is 0.853. The molecule has 2 aromatic rings. The van der Waals surface area contributed by atoms with E-state index in [-0.39, 0.29) is 0 Å². The van der Waals surface area contributed by atoms with Gasteiger partial charge in [-0.05, 0) is 25.3 Å². The molecule has 0 spiro atoms. The first-order chi connectivity index (χ1) is 8.27. The van der Waals surface area contributed by atoms with Crippen LogP contribution in [0.5, 0.6) is 0 Å². The minimum absolute atomic E-state index is 0.437. The Balaban J connectivity index is 1.77. The van der Waals surface area contributed by atoms with Gasteiger partial charge in [0.15, 0.2) is 11.6 Å². The van der Waals surface area contributed by atoms with E-state index in [2.05, 4.69) is 25.5 Å². The van der Waals surface area contributed by atoms with Crippen molar-refractivity contribution in [1.82, 2.24) is 20.2 Å². The summed E-state index contributed by atoms with van der Waals surface area (Å²) >= 11 is 0. The summed E-state index contributed by atoms with van der Waals surface area (Å²) in [6.07, 6.45) is 7.05. The van der Waals surface area contributed by atoms with Gasteiger partial charge < -0.3 is 11.1 Å². The third kappa shape index (κ3) is 2.93. The number of aryl methyl sites for hydroxylation is 2. The van der Waals surface area contributed by atoms with Crippen molar-refractivity contribution < 1.29 is 0 Å². The summed E-state index contributed by atoms with van der Waals surface area (Å²) in [5.74, 6) is 1.09. The zero-order valence-corrected chi connectivity index (χ0v) is 9.77. The number of anilines is 2. The van der Waals surface area contributed by atoms with Crippen molar-refractivity contribution >= 4 is 11.6 Å². The van der Waals surface area contributed by atoms with Crippen LogP contribution in [0.4, 0.5) is 11.6 Å². The number of nitrogen functional groups attached to an aromatic ring is 1. The molecule has 90 valence electrons. The first-order valence-electron chi connectivity index (χ1n) is 5.56. The van der Waals surface area contributed by atoms with Crippen molar-refractivity contribution in [3.05, 3.63) is 29.8 Å². The molecule has 0 amide bonds. The van der Waals surface area contributed by atoms with Crippen molar-refractivity contribution in [3.63, 3.8) is 0 Å². The van der Waals surface area contributed by atoms with Crippen molar-refractivity contribution in [2.24, 2.45) is 0 Å². The SMILES string of the molecule is Cc1[nH]ncc1CCCNc1nccnc1N. The number of aromatic amines is 1. The number of H-pyrrole nitrogens is 1. The molecule has 2 heterocycles. The van der Waals surface area contributed by atoms with Gasteiger partial charge in [0.1, 0.15) is 0 Å². The maximum Gasteiger partial charge on any atom is 0.168 e. The third-order valence-electron chi connectivity index (χ3n) is 2.58. The molecule has 0 saturated carbocycles. The molecule has 2 aromatic heterocycles. The third-order valence-corrected chi connectivity index (χ3v) is 2.58. The normalized spacial score (nSPS) is 10.4. The zero-order valence-electron chi connectivity index (χ0n) is 9.77. The average Bonchev–Trinajstić information content (AvgIpc) is 2.73. The Bertz CT molecular complexity index is 478. The van der Waals surface area contributed by atoms with Gasteiger partial charge in [-0.15, -0.1) is 0 Å². The van der Waals surface area contributed by atoms with Crippen molar-refractivity contribution in [3.8, 4) is 0 Å². The molecule has 0 aliphatic rings. The van der Waals surface area contributed by atoms with Crippen LogP contribution in [0.2, 0.25) is 0 Å². The standard InChI is InChI=1S/C11H16N6/c1-8-9(7-16-17-8)3-2-4-14-11-10(12)13-5-6-15-11/h5-7H,2-4H2,1H3,(H2,12,13)(H,14,15)(H,16,17). The molecule has 2 rings (SSSR count). The van der Waals surface area contributed by atoms with Gasteiger partial charge in [-0.25, -0.2) is 9.97 Å². The van der Waals surface area contributed by atoms with Gasteiger partial charge in [-0.2, -0.15) is 5.10 Å². The predicted octanol–water partition coefficient (Wildman–Crippen LogP) is 1.14. The fourth-order valence-corrected chi connectivity index (χ4v) is 1.60. The van der Waals surface area contributed by atoms with Crippen LogP contribution in [0, 0.1) is 6.92 Å². The largest absolute Gasteiger partial charge is 0.381 e. The van der Waals surface area contributed by atoms with Crippen LogP contribution in [0.1, 0.15) is 17.7 Å². The highest BCUT2D eigenvalue weighted by atomic mass is 15.1. The summed E-state index contributed by atoms with van der Waals surface area (Å²) in [6, 6.07) is 0. The molecule has 0 aliphatic heterocycles. The smallest absolute Gasteiger partial charge is 0.168 e. The van der Waals surface area contributed by atoms with Crippen molar-refractivity contribution in [2.45, 2.75) is 19.8 Å². The van der Waals surface area contributed by atoms with E-state index in [9.17, 15) is 0 Å². The maximum atomic E-state index is 5.67. The number of nitrogens with one attached hydrogen (secondary N) is 2. The van der Waals surface area contributed by atoms with Crippen LogP contribution < -0.4 is 11.1 Å². The van der Waals surface area contributed by atoms with Gasteiger partial charge >= 0.3 is 0 Å². The van der Waals surface area contributed by atoms with E-state index in [1.54, 1.807) is 12.4 Å². The van der Waals surface area contributed by atoms with Gasteiger partial charge in [-0.1, -0.05) is 0 Å². The van der Waals surface area contributed by atoms with Gasteiger partial charge in [-0.3, -0.25) is 5.10 Å². The Morgan fingerprint density at radius 2 is 2.18 bits per heavy atom. The summed E-state index contributed by atoms with van der Waals surface area (Å²) in [5.41, 5.74) is 8.05. The summed E-state index contributed by atoms with van der Waals surface area (Å²) in [4.78, 5) is 8.07. The summed E-state index contributed by atoms with van der Waals surface area (Å²) in [6.45, 7) is 2.84. The molecule has 0 aliphatic carbocycles. The van der Waals surface area contributed by atoms with Crippen LogP contribution in [0.3, 0.4) is 0 Å². The van der Waals surface area contributed by atoms with Gasteiger partial charge in [0.2, 0.25) is 0 Å². The second-order valence-corrected chi connectivity index (χ2v) is 3.84. The minimum atomic E-state index is 0.437. The van der Waals surface area contributed by atoms with E-state index in [4.69, 9.17) is 5.73 Å². The molecule has 0 bridgehead atoms. The maximum absolute atomic E-state index is 5.67. The molecule has 0 unspecified atom stereocenters. The highest BCUT2D eigenvalue weighted by Gasteiger charge is 2.01. The average molecular weight is 232 g/mol. The molecule has 0 radical (unpaired) electrons. The molecule has 17 heavy (non-hydrogen) atoms. The van der Waals surface area contributed by atoms with Crippen LogP contribution >= 0.6 is 0 Å². The number of rotatable bonds is 5. The number of hydrogen-bond acceptors (Lipinski definition) is 5. The summed E-state index contributed by atoms with van der Waals surface area (Å²) < 4.78 is 0.